The second kappa shape index (κ2) is 3.83. The van der Waals surface area contributed by atoms with Crippen molar-refractivity contribution in [3.05, 3.63) is 48.0 Å². The largest absolute Gasteiger partial charge is 0.385 e. The third kappa shape index (κ3) is 1.58. The molecule has 1 aliphatic carbocycles. The molecule has 0 bridgehead atoms. The van der Waals surface area contributed by atoms with Gasteiger partial charge in [-0.15, -0.1) is 0 Å². The SMILES string of the molecule is CC1(C)CCCC1(O)c1ccc2ccccc2c1. The number of fused-ring (bicyclic) bond motifs is 1. The Morgan fingerprint density at radius 2 is 1.67 bits per heavy atom. The van der Waals surface area contributed by atoms with Crippen LogP contribution in [0.25, 0.3) is 10.8 Å². The first-order chi connectivity index (χ1) is 8.53. The first-order valence-electron chi connectivity index (χ1n) is 6.75. The van der Waals surface area contributed by atoms with E-state index in [0.717, 1.165) is 24.8 Å². The summed E-state index contributed by atoms with van der Waals surface area (Å²) in [5.74, 6) is 0. The van der Waals surface area contributed by atoms with Crippen molar-refractivity contribution in [3.8, 4) is 0 Å². The van der Waals surface area contributed by atoms with E-state index in [1.165, 1.54) is 10.8 Å². The van der Waals surface area contributed by atoms with Crippen molar-refractivity contribution >= 4 is 10.8 Å². The molecule has 1 saturated carbocycles. The highest BCUT2D eigenvalue weighted by Crippen LogP contribution is 2.52. The Bertz CT molecular complexity index is 585. The van der Waals surface area contributed by atoms with Gasteiger partial charge in [0.2, 0.25) is 0 Å². The van der Waals surface area contributed by atoms with Crippen molar-refractivity contribution in [2.75, 3.05) is 0 Å². The average Bonchev–Trinajstić information content (AvgIpc) is 2.64. The van der Waals surface area contributed by atoms with Crippen molar-refractivity contribution in [1.82, 2.24) is 0 Å². The van der Waals surface area contributed by atoms with Crippen LogP contribution in [0.1, 0.15) is 38.7 Å². The Morgan fingerprint density at radius 1 is 0.944 bits per heavy atom. The van der Waals surface area contributed by atoms with Gasteiger partial charge in [0.1, 0.15) is 0 Å². The first kappa shape index (κ1) is 11.7. The fraction of sp³-hybridized carbons (Fsp3) is 0.412. The van der Waals surface area contributed by atoms with Crippen LogP contribution in [0.3, 0.4) is 0 Å². The van der Waals surface area contributed by atoms with Gasteiger partial charge in [-0.2, -0.15) is 0 Å². The highest BCUT2D eigenvalue weighted by Gasteiger charge is 2.48. The molecule has 2 aromatic rings. The van der Waals surface area contributed by atoms with Crippen LogP contribution in [0, 0.1) is 5.41 Å². The molecular formula is C17H20O. The highest BCUT2D eigenvalue weighted by molar-refractivity contribution is 5.83. The van der Waals surface area contributed by atoms with E-state index in [1.54, 1.807) is 0 Å². The number of benzene rings is 2. The van der Waals surface area contributed by atoms with Crippen molar-refractivity contribution in [3.63, 3.8) is 0 Å². The maximum Gasteiger partial charge on any atom is 0.0947 e. The summed E-state index contributed by atoms with van der Waals surface area (Å²) in [6, 6.07) is 14.7. The lowest BCUT2D eigenvalue weighted by molar-refractivity contribution is -0.0484. The predicted molar refractivity (Wildman–Crippen MR) is 75.5 cm³/mol. The van der Waals surface area contributed by atoms with E-state index in [9.17, 15) is 5.11 Å². The van der Waals surface area contributed by atoms with E-state index in [2.05, 4.69) is 56.3 Å². The van der Waals surface area contributed by atoms with Crippen molar-refractivity contribution in [2.45, 2.75) is 38.7 Å². The Labute approximate surface area is 108 Å². The number of hydrogen-bond acceptors (Lipinski definition) is 1. The zero-order chi connectivity index (χ0) is 12.8. The molecule has 0 aliphatic heterocycles. The molecule has 18 heavy (non-hydrogen) atoms. The Kier molecular flexibility index (Phi) is 2.49. The van der Waals surface area contributed by atoms with Crippen LogP contribution >= 0.6 is 0 Å². The molecule has 1 nitrogen and oxygen atoms in total. The van der Waals surface area contributed by atoms with Crippen LogP contribution in [-0.2, 0) is 5.60 Å². The summed E-state index contributed by atoms with van der Waals surface area (Å²) in [4.78, 5) is 0. The van der Waals surface area contributed by atoms with Crippen LogP contribution in [0.5, 0.6) is 0 Å². The molecular weight excluding hydrogens is 220 g/mol. The second-order valence-electron chi connectivity index (χ2n) is 6.16. The number of aliphatic hydroxyl groups is 1. The van der Waals surface area contributed by atoms with Gasteiger partial charge in [0.25, 0.3) is 0 Å². The van der Waals surface area contributed by atoms with Gasteiger partial charge in [-0.05, 0) is 47.1 Å². The molecule has 0 saturated heterocycles. The van der Waals surface area contributed by atoms with Crippen LogP contribution in [0.2, 0.25) is 0 Å². The Balaban J connectivity index is 2.14. The molecule has 1 N–H and O–H groups in total. The topological polar surface area (TPSA) is 20.2 Å². The zero-order valence-corrected chi connectivity index (χ0v) is 11.1. The molecule has 1 unspecified atom stereocenters. The van der Waals surface area contributed by atoms with Gasteiger partial charge in [0, 0.05) is 0 Å². The predicted octanol–water partition coefficient (Wildman–Crippen LogP) is 4.24. The lowest BCUT2D eigenvalue weighted by Gasteiger charge is -2.37. The van der Waals surface area contributed by atoms with Gasteiger partial charge in [-0.3, -0.25) is 0 Å². The minimum absolute atomic E-state index is 0.0323. The summed E-state index contributed by atoms with van der Waals surface area (Å²) in [5, 5.41) is 13.5. The molecule has 0 radical (unpaired) electrons. The summed E-state index contributed by atoms with van der Waals surface area (Å²) < 4.78 is 0. The smallest absolute Gasteiger partial charge is 0.0947 e. The molecule has 3 rings (SSSR count). The van der Waals surface area contributed by atoms with Gasteiger partial charge in [-0.25, -0.2) is 0 Å². The summed E-state index contributed by atoms with van der Waals surface area (Å²) >= 11 is 0. The number of hydrogen-bond donors (Lipinski definition) is 1. The third-order valence-electron chi connectivity index (χ3n) is 4.69. The monoisotopic (exact) mass is 240 g/mol. The summed E-state index contributed by atoms with van der Waals surface area (Å²) in [7, 11) is 0. The van der Waals surface area contributed by atoms with E-state index in [4.69, 9.17) is 0 Å². The van der Waals surface area contributed by atoms with Gasteiger partial charge in [-0.1, -0.05) is 50.2 Å². The van der Waals surface area contributed by atoms with E-state index >= 15 is 0 Å². The number of rotatable bonds is 1. The van der Waals surface area contributed by atoms with Crippen LogP contribution < -0.4 is 0 Å². The molecule has 2 aromatic carbocycles. The molecule has 0 spiro atoms. The Hall–Kier alpha value is -1.34. The molecule has 0 heterocycles. The quantitative estimate of drug-likeness (QED) is 0.790. The lowest BCUT2D eigenvalue weighted by Crippen LogP contribution is -2.36. The molecule has 1 fully saturated rings. The van der Waals surface area contributed by atoms with Gasteiger partial charge in [0.05, 0.1) is 5.60 Å². The first-order valence-corrected chi connectivity index (χ1v) is 6.75. The summed E-state index contributed by atoms with van der Waals surface area (Å²) in [6.45, 7) is 4.35. The average molecular weight is 240 g/mol. The maximum atomic E-state index is 11.0. The molecule has 0 amide bonds. The van der Waals surface area contributed by atoms with Gasteiger partial charge < -0.3 is 5.11 Å². The maximum absolute atomic E-state index is 11.0. The highest BCUT2D eigenvalue weighted by atomic mass is 16.3. The normalized spacial score (nSPS) is 26.6. The van der Waals surface area contributed by atoms with Crippen molar-refractivity contribution in [2.24, 2.45) is 5.41 Å². The molecule has 0 aromatic heterocycles. The van der Waals surface area contributed by atoms with Crippen molar-refractivity contribution < 1.29 is 5.11 Å². The fourth-order valence-electron chi connectivity index (χ4n) is 3.31. The van der Waals surface area contributed by atoms with E-state index < -0.39 is 5.60 Å². The molecule has 1 aliphatic rings. The van der Waals surface area contributed by atoms with Crippen LogP contribution in [-0.4, -0.2) is 5.11 Å². The molecule has 1 atom stereocenters. The lowest BCUT2D eigenvalue weighted by atomic mass is 9.73. The second-order valence-corrected chi connectivity index (χ2v) is 6.16. The molecule has 1 heteroatoms. The van der Waals surface area contributed by atoms with Crippen molar-refractivity contribution in [1.29, 1.82) is 0 Å². The van der Waals surface area contributed by atoms with E-state index in [-0.39, 0.29) is 5.41 Å². The zero-order valence-electron chi connectivity index (χ0n) is 11.1. The summed E-state index contributed by atoms with van der Waals surface area (Å²) in [5.41, 5.74) is 0.371. The van der Waals surface area contributed by atoms with Crippen LogP contribution in [0.4, 0.5) is 0 Å². The van der Waals surface area contributed by atoms with Gasteiger partial charge >= 0.3 is 0 Å². The third-order valence-corrected chi connectivity index (χ3v) is 4.69. The standard InChI is InChI=1S/C17H20O/c1-16(2)10-5-11-17(16,18)15-9-8-13-6-3-4-7-14(13)12-15/h3-4,6-9,12,18H,5,10-11H2,1-2H3. The fourth-order valence-corrected chi connectivity index (χ4v) is 3.31. The minimum atomic E-state index is -0.670. The van der Waals surface area contributed by atoms with E-state index in [1.807, 2.05) is 0 Å². The van der Waals surface area contributed by atoms with E-state index in [0.29, 0.717) is 0 Å². The summed E-state index contributed by atoms with van der Waals surface area (Å²) in [6.07, 6.45) is 3.07. The minimum Gasteiger partial charge on any atom is -0.385 e. The Morgan fingerprint density at radius 3 is 2.33 bits per heavy atom. The van der Waals surface area contributed by atoms with Gasteiger partial charge in [0.15, 0.2) is 0 Å². The molecule has 94 valence electrons. The van der Waals surface area contributed by atoms with Crippen LogP contribution in [0.15, 0.2) is 42.5 Å².